The van der Waals surface area contributed by atoms with E-state index in [0.717, 1.165) is 23.1 Å². The Hall–Kier alpha value is -1.84. The molecule has 0 atom stereocenters. The first kappa shape index (κ1) is 14.2. The van der Waals surface area contributed by atoms with Crippen molar-refractivity contribution in [2.24, 2.45) is 5.18 Å². The molecule has 2 N–H and O–H groups in total. The van der Waals surface area contributed by atoms with Gasteiger partial charge in [-0.25, -0.2) is 8.42 Å². The van der Waals surface area contributed by atoms with Gasteiger partial charge in [-0.05, 0) is 23.4 Å². The van der Waals surface area contributed by atoms with Gasteiger partial charge < -0.3 is 10.1 Å². The summed E-state index contributed by atoms with van der Waals surface area (Å²) in [7, 11) is -1.23. The minimum Gasteiger partial charge on any atom is -0.345 e. The molecule has 0 aliphatic carbocycles. The lowest BCUT2D eigenvalue weighted by molar-refractivity contribution is 0.0827. The molecule has 8 nitrogen and oxygen atoms in total. The van der Waals surface area contributed by atoms with Crippen LogP contribution in [0.5, 0.6) is 0 Å². The van der Waals surface area contributed by atoms with E-state index in [1.807, 2.05) is 0 Å². The fourth-order valence-corrected chi connectivity index (χ4v) is 1.89. The van der Waals surface area contributed by atoms with Crippen LogP contribution in [0.4, 0.5) is 5.69 Å². The van der Waals surface area contributed by atoms with Crippen molar-refractivity contribution in [1.82, 2.24) is 9.79 Å². The molecule has 0 aliphatic heterocycles. The third kappa shape index (κ3) is 2.88. The summed E-state index contributed by atoms with van der Waals surface area (Å²) in [6.45, 7) is 0. The zero-order valence-electron chi connectivity index (χ0n) is 9.61. The first-order valence-electron chi connectivity index (χ1n) is 4.68. The molecule has 1 amide bonds. The van der Waals surface area contributed by atoms with Crippen LogP contribution in [0.1, 0.15) is 10.4 Å². The molecule has 9 heteroatoms. The van der Waals surface area contributed by atoms with Crippen molar-refractivity contribution in [1.29, 1.82) is 0 Å². The molecule has 0 spiro atoms. The Morgan fingerprint density at radius 3 is 2.39 bits per heavy atom. The van der Waals surface area contributed by atoms with Crippen LogP contribution in [0.2, 0.25) is 0 Å². The summed E-state index contributed by atoms with van der Waals surface area (Å²) in [4.78, 5) is 24.0. The Morgan fingerprint density at radius 2 is 1.94 bits per heavy atom. The smallest absolute Gasteiger partial charge is 0.262 e. The fourth-order valence-electron chi connectivity index (χ4n) is 1.23. The summed E-state index contributed by atoms with van der Waals surface area (Å²) in [5, 5.41) is 11.1. The molecule has 18 heavy (non-hydrogen) atoms. The van der Waals surface area contributed by atoms with Crippen LogP contribution in [0.3, 0.4) is 0 Å². The number of nitrogens with zero attached hydrogens (tertiary/aromatic N) is 2. The van der Waals surface area contributed by atoms with E-state index in [4.69, 9.17) is 5.21 Å². The third-order valence-corrected chi connectivity index (χ3v) is 3.18. The molecule has 0 heterocycles. The zero-order chi connectivity index (χ0) is 13.9. The molecule has 98 valence electrons. The van der Waals surface area contributed by atoms with Crippen molar-refractivity contribution >= 4 is 21.6 Å². The van der Waals surface area contributed by atoms with Gasteiger partial charge in [0.25, 0.3) is 15.9 Å². The number of nitrogens with one attached hydrogen (secondary N) is 1. The second kappa shape index (κ2) is 5.21. The van der Waals surface area contributed by atoms with E-state index < -0.39 is 20.8 Å². The second-order valence-corrected chi connectivity index (χ2v) is 5.26. The Bertz CT molecular complexity index is 582. The van der Waals surface area contributed by atoms with E-state index in [-0.39, 0.29) is 11.3 Å². The molecule has 0 radical (unpaired) electrons. The maximum atomic E-state index is 11.7. The summed E-state index contributed by atoms with van der Waals surface area (Å²) in [5.74, 6) is -0.491. The number of carbonyl (C=O) groups excluding carboxylic acids is 1. The Balaban J connectivity index is 3.44. The maximum absolute atomic E-state index is 11.7. The van der Waals surface area contributed by atoms with Gasteiger partial charge in [0.1, 0.15) is 5.69 Å². The van der Waals surface area contributed by atoms with Crippen molar-refractivity contribution in [2.45, 2.75) is 4.90 Å². The molecule has 0 unspecified atom stereocenters. The van der Waals surface area contributed by atoms with Crippen molar-refractivity contribution in [3.63, 3.8) is 0 Å². The minimum atomic E-state index is -4.18. The standard InChI is InChI=1S/C9H11N3O5S/c1-12(2)9(13)6-3-7(10-14)5-8(4-6)18(16,17)11-15/h3-5,11,15H,1-2H3. The molecule has 0 aromatic heterocycles. The van der Waals surface area contributed by atoms with Crippen molar-refractivity contribution in [2.75, 3.05) is 14.1 Å². The molecule has 1 aromatic carbocycles. The summed E-state index contributed by atoms with van der Waals surface area (Å²) in [6, 6.07) is 3.14. The van der Waals surface area contributed by atoms with Gasteiger partial charge in [0.15, 0.2) is 0 Å². The number of nitroso groups, excluding NO2 is 1. The molecule has 1 rings (SSSR count). The number of amides is 1. The van der Waals surface area contributed by atoms with Gasteiger partial charge in [0.05, 0.1) is 4.90 Å². The predicted molar refractivity (Wildman–Crippen MR) is 62.0 cm³/mol. The molecule has 1 aromatic rings. The highest BCUT2D eigenvalue weighted by atomic mass is 32.2. The first-order chi connectivity index (χ1) is 8.31. The summed E-state index contributed by atoms with van der Waals surface area (Å²) < 4.78 is 22.8. The van der Waals surface area contributed by atoms with Gasteiger partial charge >= 0.3 is 0 Å². The number of rotatable bonds is 4. The van der Waals surface area contributed by atoms with Gasteiger partial charge in [-0.3, -0.25) is 4.79 Å². The topological polar surface area (TPSA) is 116 Å². The lowest BCUT2D eigenvalue weighted by atomic mass is 10.2. The average molecular weight is 273 g/mol. The van der Waals surface area contributed by atoms with Crippen molar-refractivity contribution in [3.8, 4) is 0 Å². The third-order valence-electron chi connectivity index (χ3n) is 2.08. The van der Waals surface area contributed by atoms with Gasteiger partial charge in [0, 0.05) is 19.7 Å². The maximum Gasteiger partial charge on any atom is 0.262 e. The molecular weight excluding hydrogens is 262 g/mol. The molecule has 0 saturated carbocycles. The molecule has 0 fully saturated rings. The van der Waals surface area contributed by atoms with E-state index >= 15 is 0 Å². The predicted octanol–water partition coefficient (Wildman–Crippen LogP) is 0.454. The van der Waals surface area contributed by atoms with Crippen molar-refractivity contribution < 1.29 is 18.4 Å². The Kier molecular flexibility index (Phi) is 4.11. The lowest BCUT2D eigenvalue weighted by Gasteiger charge is -2.11. The molecule has 0 bridgehead atoms. The monoisotopic (exact) mass is 273 g/mol. The van der Waals surface area contributed by atoms with Crippen LogP contribution in [0, 0.1) is 4.91 Å². The van der Waals surface area contributed by atoms with Crippen molar-refractivity contribution in [3.05, 3.63) is 28.7 Å². The Morgan fingerprint density at radius 1 is 1.33 bits per heavy atom. The lowest BCUT2D eigenvalue weighted by Crippen LogP contribution is -2.23. The molecule has 0 aliphatic rings. The highest BCUT2D eigenvalue weighted by Gasteiger charge is 2.18. The average Bonchev–Trinajstić information content (AvgIpc) is 2.36. The van der Waals surface area contributed by atoms with Crippen LogP contribution in [0.25, 0.3) is 0 Å². The van der Waals surface area contributed by atoms with Gasteiger partial charge in [-0.15, -0.1) is 4.91 Å². The number of hydrogen-bond acceptors (Lipinski definition) is 6. The first-order valence-corrected chi connectivity index (χ1v) is 6.16. The number of carbonyl (C=O) groups is 1. The zero-order valence-corrected chi connectivity index (χ0v) is 10.4. The van der Waals surface area contributed by atoms with E-state index in [1.54, 1.807) is 0 Å². The summed E-state index contributed by atoms with van der Waals surface area (Å²) >= 11 is 0. The van der Waals surface area contributed by atoms with Gasteiger partial charge in [-0.1, -0.05) is 4.89 Å². The van der Waals surface area contributed by atoms with Crippen LogP contribution in [0.15, 0.2) is 28.3 Å². The van der Waals surface area contributed by atoms with E-state index in [0.29, 0.717) is 0 Å². The molecule has 0 saturated heterocycles. The summed E-state index contributed by atoms with van der Waals surface area (Å²) in [5.41, 5.74) is -0.248. The minimum absolute atomic E-state index is 0.0223. The second-order valence-electron chi connectivity index (χ2n) is 3.60. The van der Waals surface area contributed by atoms with Gasteiger partial charge in [-0.2, -0.15) is 0 Å². The normalized spacial score (nSPS) is 11.1. The van der Waals surface area contributed by atoms with Crippen LogP contribution < -0.4 is 4.89 Å². The summed E-state index contributed by atoms with van der Waals surface area (Å²) in [6.07, 6.45) is 0. The van der Waals surface area contributed by atoms with E-state index in [9.17, 15) is 18.1 Å². The number of sulfonamides is 1. The van der Waals surface area contributed by atoms with Crippen LogP contribution >= 0.6 is 0 Å². The number of benzene rings is 1. The van der Waals surface area contributed by atoms with Crippen LogP contribution in [-0.2, 0) is 10.0 Å². The quantitative estimate of drug-likeness (QED) is 0.610. The van der Waals surface area contributed by atoms with Gasteiger partial charge in [0.2, 0.25) is 0 Å². The highest BCUT2D eigenvalue weighted by Crippen LogP contribution is 2.21. The van der Waals surface area contributed by atoms with Crippen LogP contribution in [-0.4, -0.2) is 38.5 Å². The van der Waals surface area contributed by atoms with E-state index in [1.165, 1.54) is 19.0 Å². The fraction of sp³-hybridized carbons (Fsp3) is 0.222. The Labute approximate surface area is 103 Å². The molecular formula is C9H11N3O5S. The number of hydrogen-bond donors (Lipinski definition) is 2. The van der Waals surface area contributed by atoms with E-state index in [2.05, 4.69) is 5.18 Å². The SMILES string of the molecule is CN(C)C(=O)c1cc(N=O)cc(S(=O)(=O)NO)c1. The highest BCUT2D eigenvalue weighted by molar-refractivity contribution is 7.89. The largest absolute Gasteiger partial charge is 0.345 e.